The van der Waals surface area contributed by atoms with Crippen LogP contribution in [-0.2, 0) is 4.79 Å². The Morgan fingerprint density at radius 1 is 1.24 bits per heavy atom. The van der Waals surface area contributed by atoms with Crippen molar-refractivity contribution in [1.82, 2.24) is 10.6 Å². The summed E-state index contributed by atoms with van der Waals surface area (Å²) < 4.78 is 0. The summed E-state index contributed by atoms with van der Waals surface area (Å²) in [4.78, 5) is 11.7. The zero-order chi connectivity index (χ0) is 13.5. The normalized spacial score (nSPS) is 15.4. The SMILES string of the molecule is CCC(C)CC(CC)NCC(C)(C)C(=O)NC. The minimum atomic E-state index is -0.336. The quantitative estimate of drug-likeness (QED) is 0.687. The number of nitrogens with one attached hydrogen (secondary N) is 2. The first-order valence-corrected chi connectivity index (χ1v) is 6.82. The summed E-state index contributed by atoms with van der Waals surface area (Å²) in [5, 5.41) is 6.25. The molecule has 0 aliphatic rings. The van der Waals surface area contributed by atoms with E-state index in [0.29, 0.717) is 6.04 Å². The van der Waals surface area contributed by atoms with Crippen LogP contribution in [-0.4, -0.2) is 25.5 Å². The predicted molar refractivity (Wildman–Crippen MR) is 74.0 cm³/mol. The van der Waals surface area contributed by atoms with Crippen molar-refractivity contribution < 1.29 is 4.79 Å². The van der Waals surface area contributed by atoms with Crippen molar-refractivity contribution in [3.8, 4) is 0 Å². The monoisotopic (exact) mass is 242 g/mol. The van der Waals surface area contributed by atoms with Crippen molar-refractivity contribution in [2.75, 3.05) is 13.6 Å². The van der Waals surface area contributed by atoms with E-state index in [4.69, 9.17) is 0 Å². The first-order valence-electron chi connectivity index (χ1n) is 6.82. The second-order valence-corrected chi connectivity index (χ2v) is 5.70. The minimum Gasteiger partial charge on any atom is -0.359 e. The molecule has 2 atom stereocenters. The molecule has 0 aromatic carbocycles. The average molecular weight is 242 g/mol. The van der Waals surface area contributed by atoms with Gasteiger partial charge in [0.2, 0.25) is 5.91 Å². The van der Waals surface area contributed by atoms with Crippen molar-refractivity contribution in [2.45, 2.75) is 59.9 Å². The molecular weight excluding hydrogens is 212 g/mol. The maximum Gasteiger partial charge on any atom is 0.226 e. The van der Waals surface area contributed by atoms with Gasteiger partial charge in [-0.15, -0.1) is 0 Å². The van der Waals surface area contributed by atoms with E-state index in [9.17, 15) is 4.79 Å². The lowest BCUT2D eigenvalue weighted by atomic mass is 9.90. The zero-order valence-electron chi connectivity index (χ0n) is 12.4. The first-order chi connectivity index (χ1) is 7.87. The molecule has 0 bridgehead atoms. The third-order valence-corrected chi connectivity index (χ3v) is 3.55. The summed E-state index contributed by atoms with van der Waals surface area (Å²) in [5.74, 6) is 0.846. The van der Waals surface area contributed by atoms with Gasteiger partial charge in [-0.05, 0) is 32.6 Å². The Balaban J connectivity index is 4.18. The van der Waals surface area contributed by atoms with Gasteiger partial charge in [-0.1, -0.05) is 27.2 Å². The number of hydrogen-bond acceptors (Lipinski definition) is 2. The Labute approximate surface area is 107 Å². The Bertz CT molecular complexity index is 226. The van der Waals surface area contributed by atoms with Gasteiger partial charge in [0.1, 0.15) is 0 Å². The van der Waals surface area contributed by atoms with E-state index in [1.165, 1.54) is 12.8 Å². The van der Waals surface area contributed by atoms with E-state index in [1.54, 1.807) is 7.05 Å². The number of carbonyl (C=O) groups is 1. The van der Waals surface area contributed by atoms with Gasteiger partial charge in [0.05, 0.1) is 5.41 Å². The van der Waals surface area contributed by atoms with Crippen molar-refractivity contribution in [3.63, 3.8) is 0 Å². The zero-order valence-corrected chi connectivity index (χ0v) is 12.4. The summed E-state index contributed by atoms with van der Waals surface area (Å²) in [6, 6.07) is 0.522. The van der Waals surface area contributed by atoms with Crippen LogP contribution in [0.15, 0.2) is 0 Å². The molecule has 0 saturated carbocycles. The highest BCUT2D eigenvalue weighted by atomic mass is 16.2. The lowest BCUT2D eigenvalue weighted by molar-refractivity contribution is -0.128. The van der Waals surface area contributed by atoms with Gasteiger partial charge in [-0.25, -0.2) is 0 Å². The molecule has 0 rings (SSSR count). The second kappa shape index (κ2) is 7.70. The van der Waals surface area contributed by atoms with Crippen LogP contribution in [0.5, 0.6) is 0 Å². The van der Waals surface area contributed by atoms with Gasteiger partial charge in [-0.2, -0.15) is 0 Å². The summed E-state index contributed by atoms with van der Waals surface area (Å²) >= 11 is 0. The lowest BCUT2D eigenvalue weighted by Crippen LogP contribution is -2.45. The fourth-order valence-corrected chi connectivity index (χ4v) is 1.86. The molecule has 2 unspecified atom stereocenters. The Morgan fingerprint density at radius 2 is 1.82 bits per heavy atom. The van der Waals surface area contributed by atoms with Crippen molar-refractivity contribution in [1.29, 1.82) is 0 Å². The van der Waals surface area contributed by atoms with Crippen LogP contribution in [0.3, 0.4) is 0 Å². The van der Waals surface area contributed by atoms with Crippen LogP contribution >= 0.6 is 0 Å². The van der Waals surface area contributed by atoms with Crippen molar-refractivity contribution in [3.05, 3.63) is 0 Å². The van der Waals surface area contributed by atoms with Gasteiger partial charge in [0, 0.05) is 19.6 Å². The molecule has 102 valence electrons. The Hall–Kier alpha value is -0.570. The van der Waals surface area contributed by atoms with Crippen LogP contribution in [0.4, 0.5) is 0 Å². The smallest absolute Gasteiger partial charge is 0.226 e. The molecule has 0 saturated heterocycles. The number of hydrogen-bond donors (Lipinski definition) is 2. The van der Waals surface area contributed by atoms with Crippen LogP contribution in [0, 0.1) is 11.3 Å². The van der Waals surface area contributed by atoms with E-state index in [1.807, 2.05) is 13.8 Å². The van der Waals surface area contributed by atoms with Gasteiger partial charge in [0.15, 0.2) is 0 Å². The fourth-order valence-electron chi connectivity index (χ4n) is 1.86. The molecule has 0 heterocycles. The molecular formula is C14H30N2O. The molecule has 0 aliphatic carbocycles. The van der Waals surface area contributed by atoms with Gasteiger partial charge < -0.3 is 10.6 Å². The van der Waals surface area contributed by atoms with Crippen molar-refractivity contribution >= 4 is 5.91 Å². The van der Waals surface area contributed by atoms with E-state index in [0.717, 1.165) is 18.9 Å². The number of amides is 1. The van der Waals surface area contributed by atoms with Gasteiger partial charge in [-0.3, -0.25) is 4.79 Å². The number of carbonyl (C=O) groups excluding carboxylic acids is 1. The molecule has 0 fully saturated rings. The molecule has 0 radical (unpaired) electrons. The molecule has 0 aromatic heterocycles. The maximum atomic E-state index is 11.7. The minimum absolute atomic E-state index is 0.100. The molecule has 0 aromatic rings. The fraction of sp³-hybridized carbons (Fsp3) is 0.929. The summed E-state index contributed by atoms with van der Waals surface area (Å²) in [6.45, 7) is 11.4. The molecule has 0 spiro atoms. The number of rotatable bonds is 8. The van der Waals surface area contributed by atoms with Gasteiger partial charge in [0.25, 0.3) is 0 Å². The van der Waals surface area contributed by atoms with Gasteiger partial charge >= 0.3 is 0 Å². The van der Waals surface area contributed by atoms with Crippen molar-refractivity contribution in [2.24, 2.45) is 11.3 Å². The summed E-state index contributed by atoms with van der Waals surface area (Å²) in [7, 11) is 1.69. The van der Waals surface area contributed by atoms with E-state index in [-0.39, 0.29) is 11.3 Å². The summed E-state index contributed by atoms with van der Waals surface area (Å²) in [6.07, 6.45) is 3.53. The third-order valence-electron chi connectivity index (χ3n) is 3.55. The highest BCUT2D eigenvalue weighted by molar-refractivity contribution is 5.81. The van der Waals surface area contributed by atoms with Crippen LogP contribution in [0.2, 0.25) is 0 Å². The Morgan fingerprint density at radius 3 is 2.24 bits per heavy atom. The van der Waals surface area contributed by atoms with Crippen LogP contribution < -0.4 is 10.6 Å². The standard InChI is InChI=1S/C14H30N2O/c1-7-11(3)9-12(8-2)16-10-14(4,5)13(17)15-6/h11-12,16H,7-10H2,1-6H3,(H,15,17). The molecule has 3 heteroatoms. The lowest BCUT2D eigenvalue weighted by Gasteiger charge is -2.27. The highest BCUT2D eigenvalue weighted by Gasteiger charge is 2.27. The molecule has 0 aliphatic heterocycles. The third kappa shape index (κ3) is 6.06. The van der Waals surface area contributed by atoms with Crippen LogP contribution in [0.25, 0.3) is 0 Å². The van der Waals surface area contributed by atoms with E-state index < -0.39 is 0 Å². The molecule has 17 heavy (non-hydrogen) atoms. The van der Waals surface area contributed by atoms with E-state index in [2.05, 4.69) is 31.4 Å². The highest BCUT2D eigenvalue weighted by Crippen LogP contribution is 2.16. The molecule has 2 N–H and O–H groups in total. The predicted octanol–water partition coefficient (Wildman–Crippen LogP) is 2.56. The molecule has 3 nitrogen and oxygen atoms in total. The first kappa shape index (κ1) is 16.4. The topological polar surface area (TPSA) is 41.1 Å². The largest absolute Gasteiger partial charge is 0.359 e. The maximum absolute atomic E-state index is 11.7. The Kier molecular flexibility index (Phi) is 7.44. The van der Waals surface area contributed by atoms with Crippen LogP contribution in [0.1, 0.15) is 53.9 Å². The average Bonchev–Trinajstić information content (AvgIpc) is 2.32. The molecule has 1 amide bonds. The second-order valence-electron chi connectivity index (χ2n) is 5.70. The summed E-state index contributed by atoms with van der Waals surface area (Å²) in [5.41, 5.74) is -0.336. The van der Waals surface area contributed by atoms with E-state index >= 15 is 0 Å².